The standard InChI is InChI=1S/C16H9Cl2F3N4O/c17-10-3-1-2-9(4-10)7-25-13(16(19,20)21)5-12(24-25)14(26)11-6-22-8-23-15(11)18/h1-6,8H,7H2. The number of carbonyl (C=O) groups excluding carboxylic acids is 1. The molecule has 10 heteroatoms. The van der Waals surface area contributed by atoms with Crippen molar-refractivity contribution in [2.75, 3.05) is 0 Å². The summed E-state index contributed by atoms with van der Waals surface area (Å²) >= 11 is 11.7. The van der Waals surface area contributed by atoms with Gasteiger partial charge in [-0.1, -0.05) is 35.3 Å². The molecule has 26 heavy (non-hydrogen) atoms. The van der Waals surface area contributed by atoms with Crippen LogP contribution in [0.25, 0.3) is 0 Å². The van der Waals surface area contributed by atoms with Crippen LogP contribution >= 0.6 is 23.2 Å². The second kappa shape index (κ2) is 7.05. The van der Waals surface area contributed by atoms with Crippen LogP contribution in [0.3, 0.4) is 0 Å². The summed E-state index contributed by atoms with van der Waals surface area (Å²) < 4.78 is 40.7. The van der Waals surface area contributed by atoms with Gasteiger partial charge in [-0.25, -0.2) is 9.97 Å². The molecule has 0 spiro atoms. The van der Waals surface area contributed by atoms with Crippen LogP contribution in [-0.2, 0) is 12.7 Å². The molecule has 2 heterocycles. The molecule has 0 N–H and O–H groups in total. The number of hydrogen-bond acceptors (Lipinski definition) is 4. The number of nitrogens with zero attached hydrogens (tertiary/aromatic N) is 4. The molecule has 0 amide bonds. The maximum atomic E-state index is 13.3. The van der Waals surface area contributed by atoms with Gasteiger partial charge in [0.1, 0.15) is 22.9 Å². The van der Waals surface area contributed by atoms with E-state index in [0.29, 0.717) is 21.3 Å². The summed E-state index contributed by atoms with van der Waals surface area (Å²) in [5, 5.41) is 4.03. The predicted molar refractivity (Wildman–Crippen MR) is 88.3 cm³/mol. The van der Waals surface area contributed by atoms with E-state index in [1.165, 1.54) is 6.07 Å². The van der Waals surface area contributed by atoms with E-state index in [1.807, 2.05) is 0 Å². The fraction of sp³-hybridized carbons (Fsp3) is 0.125. The zero-order valence-electron chi connectivity index (χ0n) is 12.8. The Hall–Kier alpha value is -2.45. The van der Waals surface area contributed by atoms with Gasteiger partial charge in [0.2, 0.25) is 5.78 Å². The topological polar surface area (TPSA) is 60.7 Å². The molecule has 134 valence electrons. The van der Waals surface area contributed by atoms with Crippen molar-refractivity contribution in [1.82, 2.24) is 19.7 Å². The Labute approximate surface area is 155 Å². The number of hydrogen-bond donors (Lipinski definition) is 0. The fourth-order valence-electron chi connectivity index (χ4n) is 2.29. The molecule has 0 saturated heterocycles. The van der Waals surface area contributed by atoms with Gasteiger partial charge in [0.15, 0.2) is 0 Å². The van der Waals surface area contributed by atoms with Crippen molar-refractivity contribution in [3.8, 4) is 0 Å². The molecule has 0 atom stereocenters. The average molecular weight is 401 g/mol. The van der Waals surface area contributed by atoms with E-state index in [1.54, 1.807) is 18.2 Å². The van der Waals surface area contributed by atoms with Gasteiger partial charge in [0, 0.05) is 17.3 Å². The third-order valence-corrected chi connectivity index (χ3v) is 3.97. The minimum absolute atomic E-state index is 0.129. The number of rotatable bonds is 4. The van der Waals surface area contributed by atoms with Crippen LogP contribution in [0.15, 0.2) is 42.9 Å². The van der Waals surface area contributed by atoms with E-state index in [0.717, 1.165) is 12.5 Å². The van der Waals surface area contributed by atoms with Crippen molar-refractivity contribution in [1.29, 1.82) is 0 Å². The SMILES string of the molecule is O=C(c1cc(C(F)(F)F)n(Cc2cccc(Cl)c2)n1)c1cncnc1Cl. The lowest BCUT2D eigenvalue weighted by Crippen LogP contribution is -2.15. The van der Waals surface area contributed by atoms with Gasteiger partial charge < -0.3 is 0 Å². The third-order valence-electron chi connectivity index (χ3n) is 3.43. The number of halogens is 5. The van der Waals surface area contributed by atoms with Gasteiger partial charge in [-0.2, -0.15) is 18.3 Å². The Balaban J connectivity index is 2.02. The van der Waals surface area contributed by atoms with Crippen molar-refractivity contribution in [3.05, 3.63) is 75.5 Å². The number of benzene rings is 1. The predicted octanol–water partition coefficient (Wildman–Crippen LogP) is 4.28. The molecule has 0 aliphatic heterocycles. The zero-order chi connectivity index (χ0) is 18.9. The molecule has 0 bridgehead atoms. The van der Waals surface area contributed by atoms with E-state index in [4.69, 9.17) is 23.2 Å². The Morgan fingerprint density at radius 3 is 2.62 bits per heavy atom. The largest absolute Gasteiger partial charge is 0.433 e. The summed E-state index contributed by atoms with van der Waals surface area (Å²) in [6, 6.07) is 7.02. The molecule has 3 rings (SSSR count). The van der Waals surface area contributed by atoms with E-state index in [9.17, 15) is 18.0 Å². The highest BCUT2D eigenvalue weighted by atomic mass is 35.5. The summed E-state index contributed by atoms with van der Waals surface area (Å²) in [4.78, 5) is 19.7. The van der Waals surface area contributed by atoms with Gasteiger partial charge in [-0.05, 0) is 17.7 Å². The smallest absolute Gasteiger partial charge is 0.287 e. The second-order valence-corrected chi connectivity index (χ2v) is 6.05. The second-order valence-electron chi connectivity index (χ2n) is 5.26. The highest BCUT2D eigenvalue weighted by Gasteiger charge is 2.37. The van der Waals surface area contributed by atoms with Crippen LogP contribution in [0.2, 0.25) is 10.2 Å². The minimum atomic E-state index is -4.69. The highest BCUT2D eigenvalue weighted by molar-refractivity contribution is 6.33. The summed E-state index contributed by atoms with van der Waals surface area (Å²) in [5.74, 6) is -0.800. The van der Waals surface area contributed by atoms with Gasteiger partial charge in [-0.3, -0.25) is 9.48 Å². The van der Waals surface area contributed by atoms with Gasteiger partial charge in [0.05, 0.1) is 12.1 Å². The molecule has 3 aromatic rings. The molecular formula is C16H9Cl2F3N4O. The van der Waals surface area contributed by atoms with Gasteiger partial charge >= 0.3 is 6.18 Å². The van der Waals surface area contributed by atoms with Crippen LogP contribution in [0.4, 0.5) is 13.2 Å². The number of aromatic nitrogens is 4. The Morgan fingerprint density at radius 1 is 1.19 bits per heavy atom. The van der Waals surface area contributed by atoms with E-state index in [2.05, 4.69) is 15.1 Å². The molecule has 5 nitrogen and oxygen atoms in total. The first-order valence-electron chi connectivity index (χ1n) is 7.15. The monoisotopic (exact) mass is 400 g/mol. The van der Waals surface area contributed by atoms with E-state index >= 15 is 0 Å². The van der Waals surface area contributed by atoms with Crippen LogP contribution in [-0.4, -0.2) is 25.5 Å². The van der Waals surface area contributed by atoms with Gasteiger partial charge in [-0.15, -0.1) is 0 Å². The Morgan fingerprint density at radius 2 is 1.96 bits per heavy atom. The van der Waals surface area contributed by atoms with Crippen molar-refractivity contribution in [3.63, 3.8) is 0 Å². The zero-order valence-corrected chi connectivity index (χ0v) is 14.3. The number of ketones is 1. The average Bonchev–Trinajstić information content (AvgIpc) is 2.99. The molecule has 0 aliphatic carbocycles. The van der Waals surface area contributed by atoms with Crippen molar-refractivity contribution in [2.45, 2.75) is 12.7 Å². The lowest BCUT2D eigenvalue weighted by Gasteiger charge is -2.10. The van der Waals surface area contributed by atoms with Crippen molar-refractivity contribution < 1.29 is 18.0 Å². The third kappa shape index (κ3) is 3.86. The van der Waals surface area contributed by atoms with Crippen LogP contribution in [0.1, 0.15) is 27.3 Å². The number of carbonyl (C=O) groups is 1. The molecular weight excluding hydrogens is 392 g/mol. The molecule has 0 aliphatic rings. The van der Waals surface area contributed by atoms with E-state index < -0.39 is 23.3 Å². The summed E-state index contributed by atoms with van der Waals surface area (Å²) in [5.41, 5.74) is -1.09. The van der Waals surface area contributed by atoms with Crippen LogP contribution in [0.5, 0.6) is 0 Å². The Bertz CT molecular complexity index is 972. The first kappa shape index (κ1) is 18.3. The summed E-state index contributed by atoms with van der Waals surface area (Å²) in [7, 11) is 0. The van der Waals surface area contributed by atoms with Crippen LogP contribution in [0, 0.1) is 0 Å². The lowest BCUT2D eigenvalue weighted by molar-refractivity contribution is -0.144. The lowest BCUT2D eigenvalue weighted by atomic mass is 10.1. The molecule has 0 radical (unpaired) electrons. The highest BCUT2D eigenvalue weighted by Crippen LogP contribution is 2.31. The fourth-order valence-corrected chi connectivity index (χ4v) is 2.68. The molecule has 1 aromatic carbocycles. The van der Waals surface area contributed by atoms with Gasteiger partial charge in [0.25, 0.3) is 0 Å². The van der Waals surface area contributed by atoms with Crippen molar-refractivity contribution in [2.24, 2.45) is 0 Å². The maximum Gasteiger partial charge on any atom is 0.433 e. The normalized spacial score (nSPS) is 11.6. The quantitative estimate of drug-likeness (QED) is 0.484. The maximum absolute atomic E-state index is 13.3. The van der Waals surface area contributed by atoms with E-state index in [-0.39, 0.29) is 17.3 Å². The minimum Gasteiger partial charge on any atom is -0.287 e. The van der Waals surface area contributed by atoms with Crippen molar-refractivity contribution >= 4 is 29.0 Å². The Kier molecular flexibility index (Phi) is 4.97. The first-order chi connectivity index (χ1) is 12.3. The number of alkyl halides is 3. The molecule has 2 aromatic heterocycles. The summed E-state index contributed by atoms with van der Waals surface area (Å²) in [6.45, 7) is -0.207. The first-order valence-corrected chi connectivity index (χ1v) is 7.91. The summed E-state index contributed by atoms with van der Waals surface area (Å²) in [6.07, 6.45) is -2.44. The molecule has 0 saturated carbocycles. The molecule has 0 unspecified atom stereocenters. The van der Waals surface area contributed by atoms with Crippen LogP contribution < -0.4 is 0 Å². The molecule has 0 fully saturated rings.